The summed E-state index contributed by atoms with van der Waals surface area (Å²) >= 11 is 0. The van der Waals surface area contributed by atoms with Gasteiger partial charge in [-0.15, -0.1) is 0 Å². The number of sulfonamides is 1. The summed E-state index contributed by atoms with van der Waals surface area (Å²) in [6.45, 7) is 0. The molecule has 0 aromatic heterocycles. The van der Waals surface area contributed by atoms with Gasteiger partial charge in [-0.3, -0.25) is 4.72 Å². The summed E-state index contributed by atoms with van der Waals surface area (Å²) in [6.07, 6.45) is 1.15. The third-order valence-corrected chi connectivity index (χ3v) is 4.81. The standard InChI is InChI=1S/C18H17FN2O5S/c1-24-16-10-18(26-3)17(25-2)9-12(16)8-15(11-20)27(22,23)21-14-6-4-13(19)5-7-14/h4-10,21H,1-3H3. The summed E-state index contributed by atoms with van der Waals surface area (Å²) in [4.78, 5) is -0.558. The Kier molecular flexibility index (Phi) is 6.26. The van der Waals surface area contributed by atoms with E-state index < -0.39 is 20.7 Å². The summed E-state index contributed by atoms with van der Waals surface area (Å²) in [5, 5.41) is 9.34. The van der Waals surface area contributed by atoms with Crippen molar-refractivity contribution in [1.82, 2.24) is 0 Å². The largest absolute Gasteiger partial charge is 0.496 e. The summed E-state index contributed by atoms with van der Waals surface area (Å²) in [5.74, 6) is 0.504. The lowest BCUT2D eigenvalue weighted by Crippen LogP contribution is -2.14. The second kappa shape index (κ2) is 8.42. The molecule has 0 unspecified atom stereocenters. The van der Waals surface area contributed by atoms with E-state index in [1.165, 1.54) is 45.6 Å². The van der Waals surface area contributed by atoms with Crippen molar-refractivity contribution in [1.29, 1.82) is 5.26 Å². The van der Waals surface area contributed by atoms with Crippen LogP contribution in [0.1, 0.15) is 5.56 Å². The number of anilines is 1. The zero-order chi connectivity index (χ0) is 20.0. The maximum absolute atomic E-state index is 13.0. The third kappa shape index (κ3) is 4.68. The van der Waals surface area contributed by atoms with Crippen LogP contribution in [-0.2, 0) is 10.0 Å². The number of benzene rings is 2. The lowest BCUT2D eigenvalue weighted by Gasteiger charge is -2.13. The van der Waals surface area contributed by atoms with Crippen molar-refractivity contribution in [3.05, 3.63) is 52.7 Å². The first-order valence-corrected chi connectivity index (χ1v) is 9.03. The van der Waals surface area contributed by atoms with Crippen LogP contribution in [0.4, 0.5) is 10.1 Å². The molecule has 0 amide bonds. The number of methoxy groups -OCH3 is 3. The summed E-state index contributed by atoms with van der Waals surface area (Å²) in [5.41, 5.74) is 0.424. The van der Waals surface area contributed by atoms with Crippen LogP contribution in [0, 0.1) is 17.1 Å². The van der Waals surface area contributed by atoms with Crippen LogP contribution >= 0.6 is 0 Å². The van der Waals surface area contributed by atoms with E-state index in [2.05, 4.69) is 4.72 Å². The smallest absolute Gasteiger partial charge is 0.272 e. The molecule has 2 aromatic rings. The molecule has 0 aliphatic rings. The quantitative estimate of drug-likeness (QED) is 0.727. The van der Waals surface area contributed by atoms with Crippen molar-refractivity contribution in [3.8, 4) is 23.3 Å². The minimum atomic E-state index is -4.20. The molecule has 142 valence electrons. The van der Waals surface area contributed by atoms with Gasteiger partial charge in [0.1, 0.15) is 17.6 Å². The number of hydrogen-bond donors (Lipinski definition) is 1. The molecule has 0 aliphatic heterocycles. The Bertz CT molecular complexity index is 996. The van der Waals surface area contributed by atoms with E-state index in [4.69, 9.17) is 14.2 Å². The third-order valence-electron chi connectivity index (χ3n) is 3.52. The zero-order valence-electron chi connectivity index (χ0n) is 14.8. The lowest BCUT2D eigenvalue weighted by molar-refractivity contribution is 0.348. The number of nitriles is 1. The normalized spacial score (nSPS) is 11.4. The Morgan fingerprint density at radius 1 is 1.04 bits per heavy atom. The Morgan fingerprint density at radius 3 is 2.11 bits per heavy atom. The van der Waals surface area contributed by atoms with Crippen LogP contribution in [0.25, 0.3) is 6.08 Å². The number of hydrogen-bond acceptors (Lipinski definition) is 6. The van der Waals surface area contributed by atoms with E-state index in [-0.39, 0.29) is 11.4 Å². The molecular formula is C18H17FN2O5S. The zero-order valence-corrected chi connectivity index (χ0v) is 15.6. The van der Waals surface area contributed by atoms with Gasteiger partial charge in [0.25, 0.3) is 10.0 Å². The van der Waals surface area contributed by atoms with Gasteiger partial charge in [0.2, 0.25) is 0 Å². The molecular weight excluding hydrogens is 375 g/mol. The molecule has 27 heavy (non-hydrogen) atoms. The SMILES string of the molecule is COc1cc(OC)c(OC)cc1C=C(C#N)S(=O)(=O)Nc1ccc(F)cc1. The number of halogens is 1. The van der Waals surface area contributed by atoms with Gasteiger partial charge < -0.3 is 14.2 Å². The molecule has 0 spiro atoms. The molecule has 2 aromatic carbocycles. The first-order valence-electron chi connectivity index (χ1n) is 7.54. The fraction of sp³-hybridized carbons (Fsp3) is 0.167. The molecule has 0 heterocycles. The molecule has 0 saturated heterocycles. The molecule has 0 radical (unpaired) electrons. The number of nitrogens with one attached hydrogen (secondary N) is 1. The van der Waals surface area contributed by atoms with Gasteiger partial charge in [-0.05, 0) is 36.4 Å². The molecule has 0 bridgehead atoms. The number of rotatable bonds is 7. The minimum absolute atomic E-state index is 0.122. The van der Waals surface area contributed by atoms with Gasteiger partial charge in [-0.25, -0.2) is 12.8 Å². The maximum atomic E-state index is 13.0. The molecule has 1 N–H and O–H groups in total. The van der Waals surface area contributed by atoms with Crippen LogP contribution in [0.15, 0.2) is 41.3 Å². The highest BCUT2D eigenvalue weighted by molar-refractivity contribution is 7.96. The molecule has 0 fully saturated rings. The summed E-state index contributed by atoms with van der Waals surface area (Å²) in [7, 11) is 0.0773. The van der Waals surface area contributed by atoms with Crippen molar-refractivity contribution in [2.45, 2.75) is 0 Å². The Balaban J connectivity index is 2.48. The van der Waals surface area contributed by atoms with Gasteiger partial charge in [0, 0.05) is 17.3 Å². The van der Waals surface area contributed by atoms with E-state index >= 15 is 0 Å². The number of nitrogens with zero attached hydrogens (tertiary/aromatic N) is 1. The molecule has 2 rings (SSSR count). The van der Waals surface area contributed by atoms with Gasteiger partial charge in [0.05, 0.1) is 21.3 Å². The van der Waals surface area contributed by atoms with Crippen LogP contribution in [0.5, 0.6) is 17.2 Å². The molecule has 0 aliphatic carbocycles. The fourth-order valence-corrected chi connectivity index (χ4v) is 3.16. The van der Waals surface area contributed by atoms with E-state index in [9.17, 15) is 18.1 Å². The Morgan fingerprint density at radius 2 is 1.59 bits per heavy atom. The lowest BCUT2D eigenvalue weighted by atomic mass is 10.1. The Hall–Kier alpha value is -3.25. The highest BCUT2D eigenvalue weighted by Crippen LogP contribution is 2.36. The first-order chi connectivity index (χ1) is 12.8. The monoisotopic (exact) mass is 392 g/mol. The van der Waals surface area contributed by atoms with Crippen LogP contribution in [0.2, 0.25) is 0 Å². The predicted molar refractivity (Wildman–Crippen MR) is 98.6 cm³/mol. The molecule has 0 saturated carbocycles. The van der Waals surface area contributed by atoms with E-state index in [0.29, 0.717) is 17.1 Å². The highest BCUT2D eigenvalue weighted by Gasteiger charge is 2.20. The van der Waals surface area contributed by atoms with Gasteiger partial charge >= 0.3 is 0 Å². The average Bonchev–Trinajstić information content (AvgIpc) is 2.66. The van der Waals surface area contributed by atoms with Crippen molar-refractivity contribution < 1.29 is 27.0 Å². The van der Waals surface area contributed by atoms with E-state index in [1.54, 1.807) is 6.07 Å². The van der Waals surface area contributed by atoms with Crippen molar-refractivity contribution in [2.24, 2.45) is 0 Å². The highest BCUT2D eigenvalue weighted by atomic mass is 32.2. The average molecular weight is 392 g/mol. The van der Waals surface area contributed by atoms with Crippen molar-refractivity contribution in [2.75, 3.05) is 26.1 Å². The minimum Gasteiger partial charge on any atom is -0.496 e. The van der Waals surface area contributed by atoms with E-state index in [0.717, 1.165) is 18.2 Å². The second-order valence-electron chi connectivity index (χ2n) is 5.18. The van der Waals surface area contributed by atoms with Crippen LogP contribution in [0.3, 0.4) is 0 Å². The van der Waals surface area contributed by atoms with Gasteiger partial charge in [0.15, 0.2) is 16.4 Å². The molecule has 0 atom stereocenters. The summed E-state index contributed by atoms with van der Waals surface area (Å²) in [6, 6.07) is 9.35. The maximum Gasteiger partial charge on any atom is 0.272 e. The van der Waals surface area contributed by atoms with E-state index in [1.807, 2.05) is 0 Å². The topological polar surface area (TPSA) is 97.7 Å². The second-order valence-corrected chi connectivity index (χ2v) is 6.83. The van der Waals surface area contributed by atoms with Gasteiger partial charge in [-0.2, -0.15) is 5.26 Å². The summed E-state index contributed by atoms with van der Waals surface area (Å²) < 4.78 is 55.8. The van der Waals surface area contributed by atoms with Crippen LogP contribution in [-0.4, -0.2) is 29.7 Å². The first kappa shape index (κ1) is 20.1. The van der Waals surface area contributed by atoms with Crippen molar-refractivity contribution in [3.63, 3.8) is 0 Å². The fourth-order valence-electron chi connectivity index (χ4n) is 2.20. The number of allylic oxidation sites excluding steroid dienone is 1. The Labute approximate surface area is 156 Å². The van der Waals surface area contributed by atoms with Crippen LogP contribution < -0.4 is 18.9 Å². The predicted octanol–water partition coefficient (Wildman–Crippen LogP) is 3.16. The molecule has 7 nitrogen and oxygen atoms in total. The number of ether oxygens (including phenoxy) is 3. The van der Waals surface area contributed by atoms with Gasteiger partial charge in [-0.1, -0.05) is 0 Å². The molecule has 9 heteroatoms. The van der Waals surface area contributed by atoms with Crippen molar-refractivity contribution >= 4 is 21.8 Å².